The lowest BCUT2D eigenvalue weighted by atomic mass is 9.68. The number of carbonyl (C=O) groups excluding carboxylic acids is 1. The van der Waals surface area contributed by atoms with E-state index in [1.807, 2.05) is 12.1 Å². The molecule has 1 saturated heterocycles. The average molecular weight is 422 g/mol. The molecule has 1 aromatic rings. The predicted molar refractivity (Wildman–Crippen MR) is 119 cm³/mol. The lowest BCUT2D eigenvalue weighted by Crippen LogP contribution is -2.47. The van der Waals surface area contributed by atoms with E-state index in [-0.39, 0.29) is 17.8 Å². The zero-order valence-electron chi connectivity index (χ0n) is 17.6. The number of halogens is 1. The van der Waals surface area contributed by atoms with Crippen molar-refractivity contribution in [2.45, 2.75) is 38.5 Å². The highest BCUT2D eigenvalue weighted by Gasteiger charge is 2.55. The van der Waals surface area contributed by atoms with E-state index in [1.54, 1.807) is 7.11 Å². The van der Waals surface area contributed by atoms with Crippen molar-refractivity contribution in [2.75, 3.05) is 46.4 Å². The Morgan fingerprint density at radius 1 is 1.31 bits per heavy atom. The Morgan fingerprint density at radius 2 is 2.14 bits per heavy atom. The molecule has 3 unspecified atom stereocenters. The Kier molecular flexibility index (Phi) is 7.83. The third kappa shape index (κ3) is 5.07. The zero-order chi connectivity index (χ0) is 19.4. The highest BCUT2D eigenvalue weighted by atomic mass is 35.5. The zero-order valence-corrected chi connectivity index (χ0v) is 18.4. The molecule has 162 valence electrons. The van der Waals surface area contributed by atoms with Gasteiger partial charge in [0.25, 0.3) is 0 Å². The molecule has 2 bridgehead atoms. The van der Waals surface area contributed by atoms with Crippen molar-refractivity contribution in [3.63, 3.8) is 0 Å². The summed E-state index contributed by atoms with van der Waals surface area (Å²) < 4.78 is 5.40. The number of piperazine rings is 1. The molecule has 2 saturated carbocycles. The summed E-state index contributed by atoms with van der Waals surface area (Å²) in [5, 5.41) is 6.72. The minimum atomic E-state index is -0.218. The first kappa shape index (κ1) is 22.4. The predicted octanol–water partition coefficient (Wildman–Crippen LogP) is 2.88. The topological polar surface area (TPSA) is 53.6 Å². The van der Waals surface area contributed by atoms with Crippen molar-refractivity contribution in [1.82, 2.24) is 15.5 Å². The summed E-state index contributed by atoms with van der Waals surface area (Å²) in [4.78, 5) is 15.9. The van der Waals surface area contributed by atoms with Gasteiger partial charge in [0.15, 0.2) is 0 Å². The third-order valence-corrected chi connectivity index (χ3v) is 7.23. The van der Waals surface area contributed by atoms with Gasteiger partial charge in [0, 0.05) is 32.7 Å². The quantitative estimate of drug-likeness (QED) is 0.634. The van der Waals surface area contributed by atoms with Crippen molar-refractivity contribution in [2.24, 2.45) is 17.3 Å². The Morgan fingerprint density at radius 3 is 2.83 bits per heavy atom. The number of nitrogens with zero attached hydrogens (tertiary/aromatic N) is 1. The third-order valence-electron chi connectivity index (χ3n) is 7.23. The number of nitrogens with one attached hydrogen (secondary N) is 2. The van der Waals surface area contributed by atoms with Crippen molar-refractivity contribution in [3.8, 4) is 5.75 Å². The molecular formula is C23H36ClN3O2. The van der Waals surface area contributed by atoms with Crippen LogP contribution in [0, 0.1) is 17.3 Å². The van der Waals surface area contributed by atoms with Crippen LogP contribution in [-0.4, -0.2) is 57.2 Å². The average Bonchev–Trinajstić information content (AvgIpc) is 3.34. The van der Waals surface area contributed by atoms with E-state index < -0.39 is 0 Å². The number of hydrogen-bond donors (Lipinski definition) is 2. The van der Waals surface area contributed by atoms with Crippen molar-refractivity contribution in [1.29, 1.82) is 0 Å². The van der Waals surface area contributed by atoms with Crippen molar-refractivity contribution in [3.05, 3.63) is 29.8 Å². The molecule has 1 amide bonds. The van der Waals surface area contributed by atoms with Gasteiger partial charge in [-0.3, -0.25) is 4.79 Å². The minimum Gasteiger partial charge on any atom is -0.497 e. The molecular weight excluding hydrogens is 386 g/mol. The number of carbonyl (C=O) groups is 1. The molecule has 3 aliphatic rings. The van der Waals surface area contributed by atoms with Crippen LogP contribution in [0.25, 0.3) is 0 Å². The van der Waals surface area contributed by atoms with Gasteiger partial charge >= 0.3 is 0 Å². The largest absolute Gasteiger partial charge is 0.497 e. The minimum absolute atomic E-state index is 0. The van der Waals surface area contributed by atoms with E-state index in [9.17, 15) is 4.79 Å². The summed E-state index contributed by atoms with van der Waals surface area (Å²) in [5.74, 6) is 2.45. The summed E-state index contributed by atoms with van der Waals surface area (Å²) in [7, 11) is 1.71. The van der Waals surface area contributed by atoms with Crippen LogP contribution in [0.3, 0.4) is 0 Å². The second-order valence-corrected chi connectivity index (χ2v) is 8.97. The molecule has 1 heterocycles. The van der Waals surface area contributed by atoms with E-state index in [2.05, 4.69) is 27.7 Å². The van der Waals surface area contributed by atoms with Gasteiger partial charge in [-0.2, -0.15) is 0 Å². The van der Waals surface area contributed by atoms with Crippen LogP contribution in [0.15, 0.2) is 24.3 Å². The lowest BCUT2D eigenvalue weighted by Gasteiger charge is -2.37. The molecule has 0 radical (unpaired) electrons. The van der Waals surface area contributed by atoms with Gasteiger partial charge < -0.3 is 20.3 Å². The normalized spacial score (nSPS) is 28.7. The highest BCUT2D eigenvalue weighted by Crippen LogP contribution is 2.57. The maximum absolute atomic E-state index is 13.4. The Hall–Kier alpha value is -1.30. The van der Waals surface area contributed by atoms with E-state index in [1.165, 1.54) is 24.8 Å². The van der Waals surface area contributed by atoms with Crippen LogP contribution < -0.4 is 15.4 Å². The molecule has 2 aliphatic carbocycles. The first-order chi connectivity index (χ1) is 13.7. The number of hydrogen-bond acceptors (Lipinski definition) is 4. The summed E-state index contributed by atoms with van der Waals surface area (Å²) in [6, 6.07) is 8.27. The molecule has 1 aromatic carbocycles. The van der Waals surface area contributed by atoms with Crippen LogP contribution in [0.5, 0.6) is 5.75 Å². The van der Waals surface area contributed by atoms with Gasteiger partial charge in [-0.05, 0) is 68.2 Å². The Bertz CT molecular complexity index is 680. The van der Waals surface area contributed by atoms with Crippen molar-refractivity contribution < 1.29 is 9.53 Å². The highest BCUT2D eigenvalue weighted by molar-refractivity contribution is 5.85. The molecule has 2 N–H and O–H groups in total. The Balaban J connectivity index is 0.00000240. The Labute approximate surface area is 181 Å². The molecule has 29 heavy (non-hydrogen) atoms. The first-order valence-corrected chi connectivity index (χ1v) is 11.0. The second-order valence-electron chi connectivity index (χ2n) is 8.97. The smallest absolute Gasteiger partial charge is 0.226 e. The lowest BCUT2D eigenvalue weighted by molar-refractivity contribution is -0.134. The number of benzene rings is 1. The van der Waals surface area contributed by atoms with Crippen LogP contribution in [0.4, 0.5) is 0 Å². The van der Waals surface area contributed by atoms with Gasteiger partial charge in [0.2, 0.25) is 5.91 Å². The van der Waals surface area contributed by atoms with Gasteiger partial charge in [-0.1, -0.05) is 18.6 Å². The van der Waals surface area contributed by atoms with Gasteiger partial charge in [-0.25, -0.2) is 0 Å². The molecule has 4 rings (SSSR count). The molecule has 5 nitrogen and oxygen atoms in total. The fraction of sp³-hybridized carbons (Fsp3) is 0.696. The van der Waals surface area contributed by atoms with Gasteiger partial charge in [-0.15, -0.1) is 12.4 Å². The number of methoxy groups -OCH3 is 1. The maximum Gasteiger partial charge on any atom is 0.226 e. The monoisotopic (exact) mass is 421 g/mol. The van der Waals surface area contributed by atoms with E-state index in [0.717, 1.165) is 70.2 Å². The molecule has 6 heteroatoms. The number of rotatable bonds is 8. The van der Waals surface area contributed by atoms with Crippen LogP contribution >= 0.6 is 12.4 Å². The van der Waals surface area contributed by atoms with Crippen LogP contribution in [-0.2, 0) is 11.2 Å². The SMILES string of the molecule is COc1cccc(CC2(C(=O)NCCCN3CCNCC3)CC3CCC2C3)c1.Cl. The van der Waals surface area contributed by atoms with Gasteiger partial charge in [0.05, 0.1) is 12.5 Å². The molecule has 3 fully saturated rings. The van der Waals surface area contributed by atoms with Crippen LogP contribution in [0.2, 0.25) is 0 Å². The van der Waals surface area contributed by atoms with E-state index >= 15 is 0 Å². The van der Waals surface area contributed by atoms with E-state index in [0.29, 0.717) is 11.8 Å². The molecule has 0 aromatic heterocycles. The standard InChI is InChI=1S/C23H35N3O2.ClH/c1-28-21-5-2-4-18(15-21)16-23(17-19-6-7-20(23)14-19)22(27)25-8-3-11-26-12-9-24-10-13-26;/h2,4-5,15,19-20,24H,3,6-14,16-17H2,1H3,(H,25,27);1H. The number of amides is 1. The summed E-state index contributed by atoms with van der Waals surface area (Å²) in [6.45, 7) is 6.28. The van der Waals surface area contributed by atoms with Crippen LogP contribution in [0.1, 0.15) is 37.7 Å². The summed E-state index contributed by atoms with van der Waals surface area (Å²) in [6.07, 6.45) is 6.68. The molecule has 1 aliphatic heterocycles. The number of ether oxygens (including phenoxy) is 1. The number of fused-ring (bicyclic) bond motifs is 2. The summed E-state index contributed by atoms with van der Waals surface area (Å²) >= 11 is 0. The second kappa shape index (κ2) is 10.1. The van der Waals surface area contributed by atoms with E-state index in [4.69, 9.17) is 4.74 Å². The van der Waals surface area contributed by atoms with Gasteiger partial charge in [0.1, 0.15) is 5.75 Å². The fourth-order valence-electron chi connectivity index (χ4n) is 5.78. The fourth-order valence-corrected chi connectivity index (χ4v) is 5.78. The maximum atomic E-state index is 13.4. The van der Waals surface area contributed by atoms with Crippen molar-refractivity contribution >= 4 is 18.3 Å². The summed E-state index contributed by atoms with van der Waals surface area (Å²) in [5.41, 5.74) is 1.01. The first-order valence-electron chi connectivity index (χ1n) is 11.0. The molecule has 0 spiro atoms. The molecule has 3 atom stereocenters.